The first-order valence-electron chi connectivity index (χ1n) is 15.0. The Bertz CT molecular complexity index is 1280. The van der Waals surface area contributed by atoms with Gasteiger partial charge in [0.15, 0.2) is 17.5 Å². The number of rotatable bonds is 7. The molecule has 0 radical (unpaired) electrons. The molecule has 44 heavy (non-hydrogen) atoms. The molecule has 1 saturated heterocycles. The van der Waals surface area contributed by atoms with Gasteiger partial charge in [0.1, 0.15) is 28.8 Å². The van der Waals surface area contributed by atoms with Crippen molar-refractivity contribution in [2.24, 2.45) is 35.0 Å². The first-order valence-corrected chi connectivity index (χ1v) is 15.0. The lowest BCUT2D eigenvalue weighted by atomic mass is 9.54. The third-order valence-corrected chi connectivity index (χ3v) is 9.83. The fourth-order valence-corrected chi connectivity index (χ4v) is 8.57. The summed E-state index contributed by atoms with van der Waals surface area (Å²) in [6, 6.07) is 0. The average molecular weight is 621 g/mol. The van der Waals surface area contributed by atoms with E-state index in [9.17, 15) is 28.8 Å². The Morgan fingerprint density at radius 3 is 2.09 bits per heavy atom. The van der Waals surface area contributed by atoms with E-state index in [1.165, 1.54) is 33.8 Å². The lowest BCUT2D eigenvalue weighted by Gasteiger charge is -2.50. The van der Waals surface area contributed by atoms with E-state index in [-0.39, 0.29) is 13.0 Å². The number of hydrogen-bond acceptors (Lipinski definition) is 12. The quantitative estimate of drug-likeness (QED) is 0.303. The van der Waals surface area contributed by atoms with Gasteiger partial charge in [-0.3, -0.25) is 28.8 Å². The van der Waals surface area contributed by atoms with Crippen molar-refractivity contribution in [1.82, 2.24) is 0 Å². The van der Waals surface area contributed by atoms with E-state index >= 15 is 0 Å². The topological polar surface area (TPSA) is 158 Å². The molecule has 0 aromatic carbocycles. The van der Waals surface area contributed by atoms with Gasteiger partial charge < -0.3 is 28.4 Å². The van der Waals surface area contributed by atoms with Crippen LogP contribution in [0.1, 0.15) is 75.7 Å². The van der Waals surface area contributed by atoms with Gasteiger partial charge in [-0.2, -0.15) is 0 Å². The molecule has 12 nitrogen and oxygen atoms in total. The van der Waals surface area contributed by atoms with Gasteiger partial charge in [0.05, 0.1) is 18.4 Å². The van der Waals surface area contributed by atoms with E-state index in [4.69, 9.17) is 28.4 Å². The molecule has 0 amide bonds. The van der Waals surface area contributed by atoms with Crippen molar-refractivity contribution in [3.63, 3.8) is 0 Å². The van der Waals surface area contributed by atoms with Crippen molar-refractivity contribution in [3.05, 3.63) is 12.2 Å². The lowest BCUT2D eigenvalue weighted by Crippen LogP contribution is -2.64. The van der Waals surface area contributed by atoms with Crippen LogP contribution in [0.4, 0.5) is 0 Å². The normalized spacial score (nSPS) is 39.1. The summed E-state index contributed by atoms with van der Waals surface area (Å²) in [4.78, 5) is 78.4. The molecule has 0 spiro atoms. The first kappa shape index (κ1) is 33.6. The highest BCUT2D eigenvalue weighted by molar-refractivity contribution is 5.98. The molecule has 4 aliphatic rings. The first-order chi connectivity index (χ1) is 20.2. The predicted octanol–water partition coefficient (Wildman–Crippen LogP) is 2.88. The second kappa shape index (κ2) is 11.3. The molecule has 0 aromatic rings. The molecule has 3 aliphatic carbocycles. The summed E-state index contributed by atoms with van der Waals surface area (Å²) in [5, 5.41) is 0. The summed E-state index contributed by atoms with van der Waals surface area (Å²) in [7, 11) is 0. The van der Waals surface area contributed by atoms with E-state index in [0.29, 0.717) is 0 Å². The van der Waals surface area contributed by atoms with Crippen LogP contribution in [0.5, 0.6) is 0 Å². The fourth-order valence-electron chi connectivity index (χ4n) is 8.57. The van der Waals surface area contributed by atoms with Crippen LogP contribution in [0.25, 0.3) is 0 Å². The number of carbonyl (C=O) groups excluding carboxylic acids is 6. The Morgan fingerprint density at radius 1 is 0.955 bits per heavy atom. The van der Waals surface area contributed by atoms with Gasteiger partial charge in [-0.1, -0.05) is 26.8 Å². The highest BCUT2D eigenvalue weighted by atomic mass is 16.6. The van der Waals surface area contributed by atoms with E-state index in [2.05, 4.69) is 0 Å². The summed E-state index contributed by atoms with van der Waals surface area (Å²) in [6.45, 7) is 14.8. The molecule has 0 aromatic heterocycles. The van der Waals surface area contributed by atoms with Crippen molar-refractivity contribution in [2.45, 2.75) is 111 Å². The minimum Gasteiger partial charge on any atom is -0.461 e. The lowest BCUT2D eigenvalue weighted by molar-refractivity contribution is -0.244. The second-order valence-electron chi connectivity index (χ2n) is 13.8. The molecule has 1 aliphatic heterocycles. The molecule has 2 saturated carbocycles. The van der Waals surface area contributed by atoms with Crippen LogP contribution in [0.2, 0.25) is 0 Å². The number of hydrogen-bond donors (Lipinski definition) is 0. The molecule has 0 N–H and O–H groups in total. The van der Waals surface area contributed by atoms with Crippen LogP contribution in [0, 0.1) is 35.0 Å². The molecule has 1 heterocycles. The Morgan fingerprint density at radius 2 is 1.57 bits per heavy atom. The van der Waals surface area contributed by atoms with Gasteiger partial charge in [0, 0.05) is 39.5 Å². The van der Waals surface area contributed by atoms with Gasteiger partial charge in [0.25, 0.3) is 0 Å². The number of allylic oxidation sites excluding steroid dienone is 1. The van der Waals surface area contributed by atoms with Gasteiger partial charge in [-0.25, -0.2) is 0 Å². The minimum absolute atomic E-state index is 0.0321. The SMILES string of the molecule is CC(=O)OC1C2(C)OCC3(C(=O)C=CC(C(C)(C)OC(C)=O)C23)C(OC(C)=O)C2C(OC(=O)C(C)C)C(C)CC21OC(C)=O. The number of fused-ring (bicyclic) bond motifs is 1. The molecular formula is C32H44O12. The fraction of sp³-hybridized carbons (Fsp3) is 0.750. The Hall–Kier alpha value is -3.28. The van der Waals surface area contributed by atoms with Gasteiger partial charge in [-0.15, -0.1) is 0 Å². The molecule has 4 rings (SSSR count). The van der Waals surface area contributed by atoms with E-state index < -0.39 is 106 Å². The number of carbonyl (C=O) groups is 6. The molecule has 2 bridgehead atoms. The van der Waals surface area contributed by atoms with Crippen LogP contribution < -0.4 is 0 Å². The maximum absolute atomic E-state index is 14.4. The van der Waals surface area contributed by atoms with E-state index in [1.807, 2.05) is 0 Å². The third kappa shape index (κ3) is 5.12. The standard InChI is InChI=1S/C32H44O12/c1-15(2)27(38)42-24-16(3)13-32(44-20(7)36)23(24)26(40-17(4)33)31-14-39-30(10,28(32)41-18(5)34)25(31)21(11-12-22(31)37)29(8,9)43-19(6)35/h11-12,15-16,21,23-26,28H,13-14H2,1-10H3. The van der Waals surface area contributed by atoms with E-state index in [0.717, 1.165) is 0 Å². The average Bonchev–Trinajstić information content (AvgIpc) is 3.31. The van der Waals surface area contributed by atoms with Crippen molar-refractivity contribution in [3.8, 4) is 0 Å². The summed E-state index contributed by atoms with van der Waals surface area (Å²) in [5.74, 6) is -7.50. The van der Waals surface area contributed by atoms with Crippen LogP contribution in [0.3, 0.4) is 0 Å². The number of ketones is 1. The zero-order valence-electron chi connectivity index (χ0n) is 27.1. The van der Waals surface area contributed by atoms with Crippen molar-refractivity contribution >= 4 is 35.6 Å². The third-order valence-electron chi connectivity index (χ3n) is 9.83. The van der Waals surface area contributed by atoms with Crippen LogP contribution in [-0.4, -0.2) is 77.4 Å². The highest BCUT2D eigenvalue weighted by Gasteiger charge is 2.82. The Kier molecular flexibility index (Phi) is 8.60. The zero-order chi connectivity index (χ0) is 33.2. The molecule has 10 atom stereocenters. The van der Waals surface area contributed by atoms with Crippen LogP contribution >= 0.6 is 0 Å². The summed E-state index contributed by atoms with van der Waals surface area (Å²) >= 11 is 0. The smallest absolute Gasteiger partial charge is 0.308 e. The van der Waals surface area contributed by atoms with Crippen molar-refractivity contribution in [1.29, 1.82) is 0 Å². The van der Waals surface area contributed by atoms with Crippen molar-refractivity contribution in [2.75, 3.05) is 6.61 Å². The summed E-state index contributed by atoms with van der Waals surface area (Å²) in [6.07, 6.45) is -0.697. The molecule has 244 valence electrons. The number of esters is 5. The molecular weight excluding hydrogens is 576 g/mol. The predicted molar refractivity (Wildman–Crippen MR) is 151 cm³/mol. The van der Waals surface area contributed by atoms with Crippen LogP contribution in [0.15, 0.2) is 12.2 Å². The van der Waals surface area contributed by atoms with Crippen LogP contribution in [-0.2, 0) is 57.2 Å². The molecule has 12 heteroatoms. The second-order valence-corrected chi connectivity index (χ2v) is 13.8. The van der Waals surface area contributed by atoms with Gasteiger partial charge in [0.2, 0.25) is 0 Å². The summed E-state index contributed by atoms with van der Waals surface area (Å²) < 4.78 is 36.8. The van der Waals surface area contributed by atoms with Crippen molar-refractivity contribution < 1.29 is 57.2 Å². The minimum atomic E-state index is -1.76. The maximum atomic E-state index is 14.4. The monoisotopic (exact) mass is 620 g/mol. The Balaban J connectivity index is 2.12. The largest absolute Gasteiger partial charge is 0.461 e. The van der Waals surface area contributed by atoms with Gasteiger partial charge >= 0.3 is 29.8 Å². The zero-order valence-corrected chi connectivity index (χ0v) is 27.1. The highest BCUT2D eigenvalue weighted by Crippen LogP contribution is 2.68. The van der Waals surface area contributed by atoms with E-state index in [1.54, 1.807) is 47.6 Å². The molecule has 3 fully saturated rings. The Labute approximate surface area is 257 Å². The molecule has 10 unspecified atom stereocenters. The number of ether oxygens (including phenoxy) is 6. The van der Waals surface area contributed by atoms with Gasteiger partial charge in [-0.05, 0) is 39.2 Å². The summed E-state index contributed by atoms with van der Waals surface area (Å²) in [5.41, 5.74) is -6.16. The maximum Gasteiger partial charge on any atom is 0.308 e.